The molecule has 1 heterocycles. The van der Waals surface area contributed by atoms with Gasteiger partial charge >= 0.3 is 0 Å². The van der Waals surface area contributed by atoms with Gasteiger partial charge in [0, 0.05) is 30.8 Å². The van der Waals surface area contributed by atoms with Gasteiger partial charge in [0.25, 0.3) is 11.6 Å². The van der Waals surface area contributed by atoms with Gasteiger partial charge in [0.1, 0.15) is 4.32 Å². The number of nitrogens with one attached hydrogen (secondary N) is 1. The molecule has 2 amide bonds. The summed E-state index contributed by atoms with van der Waals surface area (Å²) in [6, 6.07) is 15.6. The molecule has 170 valence electrons. The second kappa shape index (κ2) is 12.1. The zero-order chi connectivity index (χ0) is 23.6. The molecule has 0 aromatic heterocycles. The van der Waals surface area contributed by atoms with Gasteiger partial charge in [0.05, 0.1) is 9.83 Å². The number of hydrogen-bond donors (Lipinski definition) is 1. The van der Waals surface area contributed by atoms with Crippen LogP contribution in [0.5, 0.6) is 0 Å². The highest BCUT2D eigenvalue weighted by atomic mass is 32.2. The molecule has 0 aliphatic carbocycles. The molecule has 1 saturated heterocycles. The predicted octanol–water partition coefficient (Wildman–Crippen LogP) is 5.55. The van der Waals surface area contributed by atoms with Gasteiger partial charge in [0.2, 0.25) is 5.91 Å². The van der Waals surface area contributed by atoms with Crippen LogP contribution < -0.4 is 5.32 Å². The first-order chi connectivity index (χ1) is 15.9. The lowest BCUT2D eigenvalue weighted by Gasteiger charge is -2.14. The van der Waals surface area contributed by atoms with E-state index in [1.54, 1.807) is 11.0 Å². The van der Waals surface area contributed by atoms with E-state index < -0.39 is 4.92 Å². The van der Waals surface area contributed by atoms with Crippen LogP contribution in [0.2, 0.25) is 0 Å². The van der Waals surface area contributed by atoms with Gasteiger partial charge < -0.3 is 5.32 Å². The Labute approximate surface area is 201 Å². The average Bonchev–Trinajstić information content (AvgIpc) is 3.07. The average molecular weight is 482 g/mol. The van der Waals surface area contributed by atoms with E-state index in [9.17, 15) is 19.7 Å². The third-order valence-corrected chi connectivity index (χ3v) is 6.25. The van der Waals surface area contributed by atoms with Crippen LogP contribution in [-0.4, -0.2) is 32.5 Å². The molecular formula is C24H23N3O4S2. The van der Waals surface area contributed by atoms with Crippen molar-refractivity contribution in [2.75, 3.05) is 11.9 Å². The predicted molar refractivity (Wildman–Crippen MR) is 136 cm³/mol. The second-order valence-corrected chi connectivity index (χ2v) is 8.96. The molecule has 9 heteroatoms. The van der Waals surface area contributed by atoms with E-state index in [2.05, 4.69) is 5.32 Å². The van der Waals surface area contributed by atoms with Gasteiger partial charge in [-0.25, -0.2) is 0 Å². The molecule has 2 aromatic rings. The molecule has 0 spiro atoms. The van der Waals surface area contributed by atoms with E-state index in [1.807, 2.05) is 42.5 Å². The van der Waals surface area contributed by atoms with Crippen molar-refractivity contribution in [1.82, 2.24) is 4.90 Å². The maximum absolute atomic E-state index is 12.6. The summed E-state index contributed by atoms with van der Waals surface area (Å²) in [6.07, 6.45) is 8.10. The van der Waals surface area contributed by atoms with Gasteiger partial charge in [-0.3, -0.25) is 24.6 Å². The van der Waals surface area contributed by atoms with E-state index in [4.69, 9.17) is 12.2 Å². The van der Waals surface area contributed by atoms with Crippen LogP contribution in [0, 0.1) is 10.1 Å². The number of non-ortho nitro benzene ring substituents is 1. The Hall–Kier alpha value is -3.30. The van der Waals surface area contributed by atoms with E-state index >= 15 is 0 Å². The molecule has 1 fully saturated rings. The summed E-state index contributed by atoms with van der Waals surface area (Å²) in [7, 11) is 0. The summed E-state index contributed by atoms with van der Waals surface area (Å²) >= 11 is 6.65. The van der Waals surface area contributed by atoms with Crippen LogP contribution in [0.25, 0.3) is 6.08 Å². The first-order valence-electron chi connectivity index (χ1n) is 10.5. The van der Waals surface area contributed by atoms with Gasteiger partial charge in [-0.1, -0.05) is 72.9 Å². The van der Waals surface area contributed by atoms with E-state index in [1.165, 1.54) is 36.0 Å². The molecule has 3 rings (SSSR count). The minimum absolute atomic E-state index is 0.0224. The summed E-state index contributed by atoms with van der Waals surface area (Å²) in [6.45, 7) is 0.522. The van der Waals surface area contributed by atoms with E-state index in [0.717, 1.165) is 18.4 Å². The van der Waals surface area contributed by atoms with Crippen molar-refractivity contribution in [3.05, 3.63) is 87.3 Å². The number of benzene rings is 2. The van der Waals surface area contributed by atoms with Gasteiger partial charge in [-0.15, -0.1) is 0 Å². The fourth-order valence-electron chi connectivity index (χ4n) is 3.14. The van der Waals surface area contributed by atoms with Crippen molar-refractivity contribution in [2.24, 2.45) is 0 Å². The zero-order valence-electron chi connectivity index (χ0n) is 17.8. The maximum atomic E-state index is 12.6. The maximum Gasteiger partial charge on any atom is 0.269 e. The number of thiocarbonyl (C=S) groups is 1. The standard InChI is InChI=1S/C24H23N3O4S2/c28-22(25-19-13-15-20(16-14-19)27(30)31)12-5-2-6-17-26-23(29)21(33-24(26)32)11-7-10-18-8-3-1-4-9-18/h1,3-4,7-11,13-16H,2,5-6,12,17H2,(H,25,28)/b10-7+,21-11-. The van der Waals surface area contributed by atoms with Crippen molar-refractivity contribution in [1.29, 1.82) is 0 Å². The van der Waals surface area contributed by atoms with Crippen LogP contribution in [0.4, 0.5) is 11.4 Å². The molecule has 1 N–H and O–H groups in total. The topological polar surface area (TPSA) is 92.6 Å². The smallest absolute Gasteiger partial charge is 0.269 e. The van der Waals surface area contributed by atoms with Crippen molar-refractivity contribution >= 4 is 57.6 Å². The first kappa shape index (κ1) is 24.3. The highest BCUT2D eigenvalue weighted by Gasteiger charge is 2.30. The molecule has 0 bridgehead atoms. The summed E-state index contributed by atoms with van der Waals surface area (Å²) in [4.78, 5) is 37.1. The Morgan fingerprint density at radius 1 is 1.09 bits per heavy atom. The van der Waals surface area contributed by atoms with Crippen molar-refractivity contribution in [3.8, 4) is 0 Å². The number of nitro groups is 1. The lowest BCUT2D eigenvalue weighted by atomic mass is 10.1. The molecule has 0 unspecified atom stereocenters. The Balaban J connectivity index is 1.37. The SMILES string of the molecule is O=C(CCCCCN1C(=O)/C(=C/C=C/c2ccccc2)SC1=S)Nc1ccc([N+](=O)[O-])cc1. The number of unbranched alkanes of at least 4 members (excludes halogenated alkanes) is 2. The Kier molecular flexibility index (Phi) is 8.91. The van der Waals surface area contributed by atoms with Crippen LogP contribution in [0.3, 0.4) is 0 Å². The van der Waals surface area contributed by atoms with E-state index in [0.29, 0.717) is 34.3 Å². The van der Waals surface area contributed by atoms with Crippen LogP contribution >= 0.6 is 24.0 Å². The summed E-state index contributed by atoms with van der Waals surface area (Å²) in [5, 5.41) is 13.4. The first-order valence-corrected chi connectivity index (χ1v) is 11.7. The Morgan fingerprint density at radius 3 is 2.52 bits per heavy atom. The minimum atomic E-state index is -0.485. The lowest BCUT2D eigenvalue weighted by Crippen LogP contribution is -2.29. The fourth-order valence-corrected chi connectivity index (χ4v) is 4.40. The fraction of sp³-hybridized carbons (Fsp3) is 0.208. The molecule has 1 aliphatic rings. The van der Waals surface area contributed by atoms with Crippen LogP contribution in [-0.2, 0) is 9.59 Å². The van der Waals surface area contributed by atoms with Crippen LogP contribution in [0.1, 0.15) is 31.2 Å². The van der Waals surface area contributed by atoms with Gasteiger partial charge in [-0.2, -0.15) is 0 Å². The van der Waals surface area contributed by atoms with Gasteiger partial charge in [0.15, 0.2) is 0 Å². The number of anilines is 1. The normalized spacial score (nSPS) is 14.9. The number of carbonyl (C=O) groups is 2. The largest absolute Gasteiger partial charge is 0.326 e. The summed E-state index contributed by atoms with van der Waals surface area (Å²) in [5.41, 5.74) is 1.56. The number of amides is 2. The van der Waals surface area contributed by atoms with Crippen molar-refractivity contribution in [3.63, 3.8) is 0 Å². The second-order valence-electron chi connectivity index (χ2n) is 7.29. The molecule has 0 saturated carbocycles. The minimum Gasteiger partial charge on any atom is -0.326 e. The number of rotatable bonds is 10. The molecule has 33 heavy (non-hydrogen) atoms. The molecule has 2 aromatic carbocycles. The monoisotopic (exact) mass is 481 g/mol. The number of thioether (sulfide) groups is 1. The number of hydrogen-bond acceptors (Lipinski definition) is 6. The molecule has 1 aliphatic heterocycles. The molecular weight excluding hydrogens is 458 g/mol. The van der Waals surface area contributed by atoms with Crippen molar-refractivity contribution in [2.45, 2.75) is 25.7 Å². The summed E-state index contributed by atoms with van der Waals surface area (Å²) in [5.74, 6) is -0.235. The molecule has 0 atom stereocenters. The van der Waals surface area contributed by atoms with Gasteiger partial charge in [-0.05, 0) is 36.6 Å². The number of carbonyl (C=O) groups excluding carboxylic acids is 2. The number of nitro benzene ring substituents is 1. The quantitative estimate of drug-likeness (QED) is 0.157. The number of nitrogens with zero attached hydrogens (tertiary/aromatic N) is 2. The third-order valence-electron chi connectivity index (χ3n) is 4.86. The Morgan fingerprint density at radius 2 is 1.82 bits per heavy atom. The van der Waals surface area contributed by atoms with Crippen molar-refractivity contribution < 1.29 is 14.5 Å². The highest BCUT2D eigenvalue weighted by molar-refractivity contribution is 8.26. The zero-order valence-corrected chi connectivity index (χ0v) is 19.4. The highest BCUT2D eigenvalue weighted by Crippen LogP contribution is 2.31. The van der Waals surface area contributed by atoms with E-state index in [-0.39, 0.29) is 17.5 Å². The number of allylic oxidation sites excluding steroid dienone is 2. The summed E-state index contributed by atoms with van der Waals surface area (Å²) < 4.78 is 0.551. The van der Waals surface area contributed by atoms with Crippen LogP contribution in [0.15, 0.2) is 71.7 Å². The third kappa shape index (κ3) is 7.37. The molecule has 0 radical (unpaired) electrons. The Bertz CT molecular complexity index is 1080. The molecule has 7 nitrogen and oxygen atoms in total. The lowest BCUT2D eigenvalue weighted by molar-refractivity contribution is -0.384.